The Bertz CT molecular complexity index is 1270. The van der Waals surface area contributed by atoms with Crippen molar-refractivity contribution in [2.24, 2.45) is 5.92 Å². The second-order valence-corrected chi connectivity index (χ2v) is 9.29. The Hall–Kier alpha value is -3.41. The highest BCUT2D eigenvalue weighted by Gasteiger charge is 2.33. The number of hydrogen-bond donors (Lipinski definition) is 0. The van der Waals surface area contributed by atoms with E-state index >= 15 is 0 Å². The fourth-order valence-corrected chi connectivity index (χ4v) is 5.01. The van der Waals surface area contributed by atoms with Crippen LogP contribution in [-0.2, 0) is 6.42 Å². The van der Waals surface area contributed by atoms with E-state index in [4.69, 9.17) is 9.40 Å². The van der Waals surface area contributed by atoms with E-state index in [2.05, 4.69) is 29.8 Å². The maximum absolute atomic E-state index is 13.9. The van der Waals surface area contributed by atoms with Gasteiger partial charge in [-0.1, -0.05) is 24.6 Å². The molecule has 1 aliphatic rings. The van der Waals surface area contributed by atoms with Crippen molar-refractivity contribution < 1.29 is 9.21 Å². The van der Waals surface area contributed by atoms with E-state index in [-0.39, 0.29) is 11.9 Å². The standard InChI is InChI=1S/C27H30N4O2/c1-18-6-8-24(30-14-12-28-17-30)21(15-18)27(32)31-13-4-5-20(3)23(31)9-11-26-29-22-16-19(2)7-10-25(22)33-26/h6-8,10,12,14-17,20,23H,4-5,9,11,13H2,1-3H3/t20-,23-/m1/s1. The van der Waals surface area contributed by atoms with Crippen LogP contribution in [0.15, 0.2) is 59.5 Å². The Morgan fingerprint density at radius 3 is 2.79 bits per heavy atom. The van der Waals surface area contributed by atoms with Gasteiger partial charge < -0.3 is 13.9 Å². The molecule has 0 unspecified atom stereocenters. The van der Waals surface area contributed by atoms with Crippen LogP contribution in [0.25, 0.3) is 16.8 Å². The molecule has 1 saturated heterocycles. The van der Waals surface area contributed by atoms with Crippen molar-refractivity contribution in [2.75, 3.05) is 6.54 Å². The smallest absolute Gasteiger partial charge is 0.256 e. The van der Waals surface area contributed by atoms with Gasteiger partial charge in [0.2, 0.25) is 0 Å². The summed E-state index contributed by atoms with van der Waals surface area (Å²) >= 11 is 0. The van der Waals surface area contributed by atoms with Crippen LogP contribution in [0.2, 0.25) is 0 Å². The topological polar surface area (TPSA) is 64.2 Å². The Labute approximate surface area is 194 Å². The third-order valence-corrected chi connectivity index (χ3v) is 6.78. The number of carbonyl (C=O) groups excluding carboxylic acids is 1. The zero-order chi connectivity index (χ0) is 22.9. The molecule has 33 heavy (non-hydrogen) atoms. The van der Waals surface area contributed by atoms with Gasteiger partial charge in [-0.25, -0.2) is 9.97 Å². The largest absolute Gasteiger partial charge is 0.441 e. The molecule has 0 saturated carbocycles. The SMILES string of the molecule is Cc1ccc(-n2ccnc2)c(C(=O)N2CCC[C@@H](C)[C@H]2CCc2nc3cc(C)ccc3o2)c1. The maximum Gasteiger partial charge on any atom is 0.256 e. The van der Waals surface area contributed by atoms with Gasteiger partial charge in [-0.2, -0.15) is 0 Å². The van der Waals surface area contributed by atoms with Crippen LogP contribution in [0.5, 0.6) is 0 Å². The van der Waals surface area contributed by atoms with Gasteiger partial charge in [0, 0.05) is 31.4 Å². The van der Waals surface area contributed by atoms with Gasteiger partial charge in [-0.15, -0.1) is 0 Å². The monoisotopic (exact) mass is 442 g/mol. The average molecular weight is 443 g/mol. The highest BCUT2D eigenvalue weighted by Crippen LogP contribution is 2.30. The highest BCUT2D eigenvalue weighted by molar-refractivity contribution is 5.98. The maximum atomic E-state index is 13.9. The molecular formula is C27H30N4O2. The van der Waals surface area contributed by atoms with Crippen molar-refractivity contribution in [1.82, 2.24) is 19.4 Å². The van der Waals surface area contributed by atoms with Crippen molar-refractivity contribution >= 4 is 17.0 Å². The van der Waals surface area contributed by atoms with Crippen LogP contribution in [-0.4, -0.2) is 37.9 Å². The number of nitrogens with zero attached hydrogens (tertiary/aromatic N) is 4. The van der Waals surface area contributed by atoms with Crippen molar-refractivity contribution in [3.8, 4) is 5.69 Å². The second-order valence-electron chi connectivity index (χ2n) is 9.29. The van der Waals surface area contributed by atoms with Gasteiger partial charge in [0.05, 0.1) is 17.6 Å². The van der Waals surface area contributed by atoms with E-state index in [1.165, 1.54) is 5.56 Å². The lowest BCUT2D eigenvalue weighted by Gasteiger charge is -2.40. The molecule has 0 radical (unpaired) electrons. The quantitative estimate of drug-likeness (QED) is 0.409. The van der Waals surface area contributed by atoms with Crippen LogP contribution in [0.4, 0.5) is 0 Å². The van der Waals surface area contributed by atoms with Gasteiger partial charge in [-0.05, 0) is 68.9 Å². The number of rotatable bonds is 5. The molecule has 170 valence electrons. The summed E-state index contributed by atoms with van der Waals surface area (Å²) < 4.78 is 7.90. The molecule has 5 rings (SSSR count). The molecule has 1 fully saturated rings. The molecule has 4 aromatic rings. The number of imidazole rings is 1. The summed E-state index contributed by atoms with van der Waals surface area (Å²) in [5.41, 5.74) is 5.57. The van der Waals surface area contributed by atoms with Gasteiger partial charge in [0.15, 0.2) is 11.5 Å². The number of amides is 1. The summed E-state index contributed by atoms with van der Waals surface area (Å²) in [6.45, 7) is 7.12. The van der Waals surface area contributed by atoms with E-state index in [1.807, 2.05) is 48.0 Å². The zero-order valence-corrected chi connectivity index (χ0v) is 19.5. The Kier molecular flexibility index (Phi) is 5.75. The van der Waals surface area contributed by atoms with Crippen LogP contribution in [0.1, 0.15) is 53.6 Å². The molecule has 0 spiro atoms. The Morgan fingerprint density at radius 2 is 1.97 bits per heavy atom. The normalized spacial score (nSPS) is 18.7. The molecule has 3 heterocycles. The lowest BCUT2D eigenvalue weighted by molar-refractivity contribution is 0.0496. The van der Waals surface area contributed by atoms with Crippen molar-refractivity contribution in [3.05, 3.63) is 77.7 Å². The summed E-state index contributed by atoms with van der Waals surface area (Å²) in [6.07, 6.45) is 9.07. The fourth-order valence-electron chi connectivity index (χ4n) is 5.01. The molecule has 6 heteroatoms. The summed E-state index contributed by atoms with van der Waals surface area (Å²) in [4.78, 5) is 24.8. The van der Waals surface area contributed by atoms with E-state index in [1.54, 1.807) is 12.5 Å². The first-order valence-electron chi connectivity index (χ1n) is 11.8. The van der Waals surface area contributed by atoms with Crippen LogP contribution in [0, 0.1) is 19.8 Å². The molecule has 1 amide bonds. The number of carbonyl (C=O) groups is 1. The molecule has 2 aromatic carbocycles. The third-order valence-electron chi connectivity index (χ3n) is 6.78. The number of piperidine rings is 1. The summed E-state index contributed by atoms with van der Waals surface area (Å²) in [6, 6.07) is 12.3. The van der Waals surface area contributed by atoms with E-state index in [9.17, 15) is 4.79 Å². The third kappa shape index (κ3) is 4.30. The zero-order valence-electron chi connectivity index (χ0n) is 19.5. The van der Waals surface area contributed by atoms with Crippen LogP contribution < -0.4 is 0 Å². The summed E-state index contributed by atoms with van der Waals surface area (Å²) in [5, 5.41) is 0. The first-order valence-corrected chi connectivity index (χ1v) is 11.8. The Balaban J connectivity index is 1.40. The average Bonchev–Trinajstić information content (AvgIpc) is 3.47. The van der Waals surface area contributed by atoms with Gasteiger partial charge in [-0.3, -0.25) is 4.79 Å². The summed E-state index contributed by atoms with van der Waals surface area (Å²) in [7, 11) is 0. The lowest BCUT2D eigenvalue weighted by atomic mass is 9.87. The highest BCUT2D eigenvalue weighted by atomic mass is 16.3. The van der Waals surface area contributed by atoms with E-state index in [0.29, 0.717) is 12.3 Å². The number of hydrogen-bond acceptors (Lipinski definition) is 4. The number of likely N-dealkylation sites (tertiary alicyclic amines) is 1. The van der Waals surface area contributed by atoms with Gasteiger partial charge >= 0.3 is 0 Å². The molecule has 2 atom stereocenters. The number of oxazole rings is 1. The second kappa shape index (κ2) is 8.85. The van der Waals surface area contributed by atoms with Crippen molar-refractivity contribution in [1.29, 1.82) is 0 Å². The Morgan fingerprint density at radius 1 is 1.15 bits per heavy atom. The lowest BCUT2D eigenvalue weighted by Crippen LogP contribution is -2.48. The summed E-state index contributed by atoms with van der Waals surface area (Å²) in [5.74, 6) is 1.26. The van der Waals surface area contributed by atoms with Gasteiger partial charge in [0.1, 0.15) is 5.52 Å². The molecule has 0 bridgehead atoms. The minimum absolute atomic E-state index is 0.0899. The predicted molar refractivity (Wildman–Crippen MR) is 129 cm³/mol. The number of aryl methyl sites for hydroxylation is 3. The van der Waals surface area contributed by atoms with Gasteiger partial charge in [0.25, 0.3) is 5.91 Å². The van der Waals surface area contributed by atoms with E-state index < -0.39 is 0 Å². The van der Waals surface area contributed by atoms with Crippen molar-refractivity contribution in [3.63, 3.8) is 0 Å². The number of benzene rings is 2. The molecule has 2 aromatic heterocycles. The molecule has 1 aliphatic heterocycles. The molecule has 0 N–H and O–H groups in total. The predicted octanol–water partition coefficient (Wildman–Crippen LogP) is 5.50. The first-order chi connectivity index (χ1) is 16.0. The fraction of sp³-hybridized carbons (Fsp3) is 0.370. The molecule has 0 aliphatic carbocycles. The van der Waals surface area contributed by atoms with Crippen molar-refractivity contribution in [2.45, 2.75) is 52.5 Å². The van der Waals surface area contributed by atoms with E-state index in [0.717, 1.165) is 59.6 Å². The van der Waals surface area contributed by atoms with Crippen LogP contribution >= 0.6 is 0 Å². The molecular weight excluding hydrogens is 412 g/mol. The molecule has 6 nitrogen and oxygen atoms in total. The number of fused-ring (bicyclic) bond motifs is 1. The minimum Gasteiger partial charge on any atom is -0.441 e. The first kappa shape index (κ1) is 21.4. The minimum atomic E-state index is 0.0899. The van der Waals surface area contributed by atoms with Crippen LogP contribution in [0.3, 0.4) is 0 Å². The number of aromatic nitrogens is 3.